The Morgan fingerprint density at radius 1 is 0.649 bits per heavy atom. The maximum absolute atomic E-state index is 4.77. The Balaban J connectivity index is 1.12. The summed E-state index contributed by atoms with van der Waals surface area (Å²) in [5.74, 6) is 3.66. The predicted octanol–water partition coefficient (Wildman–Crippen LogP) is 6.03. The van der Waals surface area contributed by atoms with E-state index >= 15 is 0 Å². The van der Waals surface area contributed by atoms with Gasteiger partial charge in [0.05, 0.1) is 35.9 Å². The van der Waals surface area contributed by atoms with Gasteiger partial charge >= 0.3 is 0 Å². The van der Waals surface area contributed by atoms with Crippen molar-refractivity contribution in [2.45, 2.75) is 62.9 Å². The average molecular weight is 491 g/mol. The third-order valence-electron chi connectivity index (χ3n) is 9.38. The maximum Gasteiger partial charge on any atom is 0.123 e. The largest absolute Gasteiger partial charge is 0.341 e. The zero-order chi connectivity index (χ0) is 24.3. The molecule has 8 rings (SSSR count). The molecule has 2 aromatic carbocycles. The molecular formula is C31H34N6. The van der Waals surface area contributed by atoms with Gasteiger partial charge in [0, 0.05) is 5.56 Å². The Morgan fingerprint density at radius 3 is 1.95 bits per heavy atom. The lowest BCUT2D eigenvalue weighted by Gasteiger charge is -2.31. The summed E-state index contributed by atoms with van der Waals surface area (Å²) in [6.45, 7) is 2.17. The number of fused-ring (bicyclic) bond motifs is 3. The number of nitrogens with one attached hydrogen (secondary N) is 4. The van der Waals surface area contributed by atoms with Gasteiger partial charge in [-0.3, -0.25) is 0 Å². The Morgan fingerprint density at radius 2 is 1.30 bits per heavy atom. The molecule has 1 saturated carbocycles. The van der Waals surface area contributed by atoms with Gasteiger partial charge in [0.15, 0.2) is 0 Å². The van der Waals surface area contributed by atoms with Crippen LogP contribution in [0.15, 0.2) is 48.8 Å². The monoisotopic (exact) mass is 490 g/mol. The van der Waals surface area contributed by atoms with Crippen LogP contribution in [-0.2, 0) is 6.42 Å². The van der Waals surface area contributed by atoms with Gasteiger partial charge in [-0.1, -0.05) is 36.4 Å². The second kappa shape index (κ2) is 8.67. The molecule has 0 bridgehead atoms. The lowest BCUT2D eigenvalue weighted by molar-refractivity contribution is 0.281. The highest BCUT2D eigenvalue weighted by atomic mass is 15.0. The van der Waals surface area contributed by atoms with Crippen LogP contribution in [0, 0.1) is 5.92 Å². The predicted molar refractivity (Wildman–Crippen MR) is 146 cm³/mol. The molecule has 0 radical (unpaired) electrons. The summed E-state index contributed by atoms with van der Waals surface area (Å²) in [5.41, 5.74) is 10.7. The lowest BCUT2D eigenvalue weighted by Crippen LogP contribution is -2.19. The summed E-state index contributed by atoms with van der Waals surface area (Å²) in [7, 11) is 0. The van der Waals surface area contributed by atoms with Crippen molar-refractivity contribution in [2.24, 2.45) is 5.92 Å². The molecular weight excluding hydrogens is 456 g/mol. The molecule has 3 fully saturated rings. The van der Waals surface area contributed by atoms with Crippen LogP contribution >= 0.6 is 0 Å². The Kier molecular flexibility index (Phi) is 5.12. The summed E-state index contributed by atoms with van der Waals surface area (Å²) >= 11 is 0. The maximum atomic E-state index is 4.77. The number of rotatable bonds is 5. The standard InChI is InChI=1S/C31H34N6/c1-3-25(32-13-1)30-34-16-27(36-30)19-7-5-18(6-8-19)21-11-12-23(24-15-20-9-10-22(20)29(21)24)28-17-35-31(37-28)26-4-2-14-33-26/h5-8,11-12,16-17,20,22,25-26,32-33H,1-4,9-10,13-15H2,(H,34,36)(H,35,37)/t20?,22?,25-,26-/m0/s1. The van der Waals surface area contributed by atoms with Crippen LogP contribution < -0.4 is 10.6 Å². The zero-order valence-electron chi connectivity index (χ0n) is 21.2. The highest BCUT2D eigenvalue weighted by molar-refractivity contribution is 5.79. The van der Waals surface area contributed by atoms with E-state index in [4.69, 9.17) is 4.98 Å². The van der Waals surface area contributed by atoms with Crippen molar-refractivity contribution in [2.75, 3.05) is 13.1 Å². The van der Waals surface area contributed by atoms with Crippen molar-refractivity contribution in [3.8, 4) is 33.6 Å². The highest BCUT2D eigenvalue weighted by Gasteiger charge is 2.42. The van der Waals surface area contributed by atoms with Crippen molar-refractivity contribution >= 4 is 0 Å². The van der Waals surface area contributed by atoms with Crippen LogP contribution in [0.5, 0.6) is 0 Å². The summed E-state index contributed by atoms with van der Waals surface area (Å²) in [6.07, 6.45) is 12.7. The van der Waals surface area contributed by atoms with E-state index < -0.39 is 0 Å². The lowest BCUT2D eigenvalue weighted by atomic mass is 9.73. The first kappa shape index (κ1) is 21.8. The molecule has 4 N–H and O–H groups in total. The average Bonchev–Trinajstić information content (AvgIpc) is 3.74. The molecule has 188 valence electrons. The van der Waals surface area contributed by atoms with Gasteiger partial charge in [0.1, 0.15) is 11.6 Å². The first-order chi connectivity index (χ1) is 18.3. The molecule has 2 aliphatic carbocycles. The van der Waals surface area contributed by atoms with Crippen molar-refractivity contribution < 1.29 is 0 Å². The summed E-state index contributed by atoms with van der Waals surface area (Å²) in [4.78, 5) is 16.7. The number of H-pyrrole nitrogens is 2. The van der Waals surface area contributed by atoms with E-state index in [9.17, 15) is 0 Å². The van der Waals surface area contributed by atoms with Crippen LogP contribution in [0.3, 0.4) is 0 Å². The molecule has 0 amide bonds. The highest BCUT2D eigenvalue weighted by Crippen LogP contribution is 2.56. The minimum Gasteiger partial charge on any atom is -0.341 e. The van der Waals surface area contributed by atoms with Crippen molar-refractivity contribution in [3.05, 3.63) is 71.6 Å². The minimum atomic E-state index is 0.366. The number of imidazole rings is 2. The first-order valence-electron chi connectivity index (χ1n) is 14.2. The summed E-state index contributed by atoms with van der Waals surface area (Å²) < 4.78 is 0. The Bertz CT molecular complexity index is 1430. The summed E-state index contributed by atoms with van der Waals surface area (Å²) in [6, 6.07) is 14.5. The van der Waals surface area contributed by atoms with Crippen LogP contribution in [0.2, 0.25) is 0 Å². The molecule has 4 heterocycles. The van der Waals surface area contributed by atoms with Crippen molar-refractivity contribution in [1.82, 2.24) is 30.6 Å². The molecule has 2 aliphatic heterocycles. The van der Waals surface area contributed by atoms with E-state index in [0.717, 1.165) is 42.8 Å². The van der Waals surface area contributed by atoms with Gasteiger partial charge in [0.25, 0.3) is 0 Å². The molecule has 37 heavy (non-hydrogen) atoms. The molecule has 4 aromatic rings. The third kappa shape index (κ3) is 3.61. The van der Waals surface area contributed by atoms with E-state index in [2.05, 4.69) is 68.2 Å². The number of hydrogen-bond acceptors (Lipinski definition) is 4. The topological polar surface area (TPSA) is 81.4 Å². The van der Waals surface area contributed by atoms with Gasteiger partial charge < -0.3 is 20.6 Å². The third-order valence-corrected chi connectivity index (χ3v) is 9.38. The fraction of sp³-hybridized carbons (Fsp3) is 0.419. The van der Waals surface area contributed by atoms with Crippen molar-refractivity contribution in [3.63, 3.8) is 0 Å². The van der Waals surface area contributed by atoms with Crippen LogP contribution in [0.1, 0.15) is 79.3 Å². The van der Waals surface area contributed by atoms with E-state index in [0.29, 0.717) is 18.0 Å². The molecule has 4 aliphatic rings. The number of aromatic nitrogens is 4. The van der Waals surface area contributed by atoms with Gasteiger partial charge in [-0.15, -0.1) is 0 Å². The molecule has 0 spiro atoms. The Hall–Kier alpha value is -3.22. The van der Waals surface area contributed by atoms with E-state index in [-0.39, 0.29) is 0 Å². The molecule has 2 saturated heterocycles. The van der Waals surface area contributed by atoms with Crippen LogP contribution in [-0.4, -0.2) is 33.0 Å². The van der Waals surface area contributed by atoms with Crippen LogP contribution in [0.4, 0.5) is 0 Å². The zero-order valence-corrected chi connectivity index (χ0v) is 21.2. The van der Waals surface area contributed by atoms with Gasteiger partial charge in [-0.2, -0.15) is 0 Å². The fourth-order valence-corrected chi connectivity index (χ4v) is 7.24. The number of benzene rings is 2. The van der Waals surface area contributed by atoms with E-state index in [1.54, 1.807) is 11.1 Å². The SMILES string of the molecule is c1cc(-c2ccc(-c3cnc([C@@H]4CCCN4)[nH]3)c3c2C2CCC2C3)ccc1-c1cnc([C@@H]2CCCN2)[nH]1. The minimum absolute atomic E-state index is 0.366. The quantitative estimate of drug-likeness (QED) is 0.275. The molecule has 2 unspecified atom stereocenters. The smallest absolute Gasteiger partial charge is 0.123 e. The molecule has 2 aromatic heterocycles. The van der Waals surface area contributed by atoms with E-state index in [1.165, 1.54) is 66.5 Å². The number of nitrogens with zero attached hydrogens (tertiary/aromatic N) is 2. The number of aromatic amines is 2. The fourth-order valence-electron chi connectivity index (χ4n) is 7.24. The Labute approximate surface area is 217 Å². The second-order valence-corrected chi connectivity index (χ2v) is 11.4. The van der Waals surface area contributed by atoms with Crippen molar-refractivity contribution in [1.29, 1.82) is 0 Å². The summed E-state index contributed by atoms with van der Waals surface area (Å²) in [5, 5.41) is 7.11. The second-order valence-electron chi connectivity index (χ2n) is 11.4. The first-order valence-corrected chi connectivity index (χ1v) is 14.2. The number of hydrogen-bond donors (Lipinski definition) is 4. The van der Waals surface area contributed by atoms with Crippen LogP contribution in [0.25, 0.3) is 33.6 Å². The van der Waals surface area contributed by atoms with Gasteiger partial charge in [-0.25, -0.2) is 9.97 Å². The molecule has 6 heteroatoms. The van der Waals surface area contributed by atoms with Gasteiger partial charge in [0.2, 0.25) is 0 Å². The molecule has 6 nitrogen and oxygen atoms in total. The molecule has 4 atom stereocenters. The van der Waals surface area contributed by atoms with E-state index in [1.807, 2.05) is 6.20 Å². The normalized spacial score (nSPS) is 26.3. The van der Waals surface area contributed by atoms with Gasteiger partial charge in [-0.05, 0) is 97.7 Å².